The summed E-state index contributed by atoms with van der Waals surface area (Å²) in [5.74, 6) is -0.696. The van der Waals surface area contributed by atoms with Gasteiger partial charge in [-0.05, 0) is 25.0 Å². The van der Waals surface area contributed by atoms with Crippen LogP contribution in [0.25, 0.3) is 0 Å². The van der Waals surface area contributed by atoms with Crippen molar-refractivity contribution < 1.29 is 14.3 Å². The number of esters is 1. The van der Waals surface area contributed by atoms with Gasteiger partial charge in [-0.1, -0.05) is 17.7 Å². The Balaban J connectivity index is 2.07. The zero-order valence-electron chi connectivity index (χ0n) is 9.74. The molecule has 4 nitrogen and oxygen atoms in total. The minimum absolute atomic E-state index is 0.0755. The highest BCUT2D eigenvalue weighted by Gasteiger charge is 2.68. The lowest BCUT2D eigenvalue weighted by atomic mass is 9.93. The molecule has 1 aliphatic heterocycles. The number of carbonyl (C=O) groups excluding carboxylic acids is 2. The highest BCUT2D eigenvalue weighted by molar-refractivity contribution is 6.12. The van der Waals surface area contributed by atoms with Crippen molar-refractivity contribution in [1.29, 1.82) is 0 Å². The largest absolute Gasteiger partial charge is 0.469 e. The number of aryl methyl sites for hydroxylation is 1. The third-order valence-electron chi connectivity index (χ3n) is 3.76. The van der Waals surface area contributed by atoms with Gasteiger partial charge in [0.25, 0.3) is 0 Å². The molecular weight excluding hydrogens is 218 g/mol. The Hall–Kier alpha value is -1.84. The first-order valence-electron chi connectivity index (χ1n) is 5.60. The van der Waals surface area contributed by atoms with E-state index >= 15 is 0 Å². The molecular formula is C13H13NO3. The fourth-order valence-electron chi connectivity index (χ4n) is 2.73. The molecule has 0 saturated heterocycles. The Kier molecular flexibility index (Phi) is 1.88. The Morgan fingerprint density at radius 1 is 1.53 bits per heavy atom. The van der Waals surface area contributed by atoms with Crippen molar-refractivity contribution in [1.82, 2.24) is 0 Å². The third-order valence-corrected chi connectivity index (χ3v) is 3.76. The normalized spacial score (nSPS) is 28.8. The van der Waals surface area contributed by atoms with Crippen LogP contribution in [0.1, 0.15) is 17.5 Å². The summed E-state index contributed by atoms with van der Waals surface area (Å²) >= 11 is 0. The van der Waals surface area contributed by atoms with E-state index in [0.717, 1.165) is 16.8 Å². The zero-order valence-corrected chi connectivity index (χ0v) is 9.74. The van der Waals surface area contributed by atoms with Crippen LogP contribution in [-0.2, 0) is 19.7 Å². The second kappa shape index (κ2) is 3.09. The molecule has 1 spiro atoms. The number of fused-ring (bicyclic) bond motifs is 2. The van der Waals surface area contributed by atoms with Gasteiger partial charge in [-0.25, -0.2) is 0 Å². The average Bonchev–Trinajstić information content (AvgIpc) is 3.00. The predicted octanol–water partition coefficient (Wildman–Crippen LogP) is 1.38. The molecule has 0 radical (unpaired) electrons. The van der Waals surface area contributed by atoms with Crippen molar-refractivity contribution in [2.24, 2.45) is 5.92 Å². The molecule has 0 aromatic heterocycles. The topological polar surface area (TPSA) is 55.4 Å². The van der Waals surface area contributed by atoms with Crippen LogP contribution in [0.15, 0.2) is 18.2 Å². The molecule has 3 rings (SSSR count). The van der Waals surface area contributed by atoms with E-state index in [-0.39, 0.29) is 17.8 Å². The third kappa shape index (κ3) is 1.18. The van der Waals surface area contributed by atoms with Crippen molar-refractivity contribution >= 4 is 17.6 Å². The number of anilines is 1. The SMILES string of the molecule is COC(=O)C1C[C@@]12C(=O)Nc1ccc(C)cc12. The number of carbonyl (C=O) groups is 2. The van der Waals surface area contributed by atoms with Gasteiger partial charge in [0.1, 0.15) is 0 Å². The molecule has 1 unspecified atom stereocenters. The number of amides is 1. The average molecular weight is 231 g/mol. The predicted molar refractivity (Wildman–Crippen MR) is 61.6 cm³/mol. The number of nitrogens with one attached hydrogen (secondary N) is 1. The maximum absolute atomic E-state index is 12.0. The number of methoxy groups -OCH3 is 1. The Morgan fingerprint density at radius 2 is 2.29 bits per heavy atom. The smallest absolute Gasteiger partial charge is 0.310 e. The van der Waals surface area contributed by atoms with Gasteiger partial charge in [-0.2, -0.15) is 0 Å². The first kappa shape index (κ1) is 10.3. The molecule has 0 bridgehead atoms. The van der Waals surface area contributed by atoms with Crippen LogP contribution in [0.5, 0.6) is 0 Å². The first-order valence-corrected chi connectivity index (χ1v) is 5.60. The van der Waals surface area contributed by atoms with Crippen molar-refractivity contribution in [2.75, 3.05) is 12.4 Å². The maximum atomic E-state index is 12.0. The molecule has 1 saturated carbocycles. The van der Waals surface area contributed by atoms with Gasteiger partial charge in [-0.3, -0.25) is 9.59 Å². The van der Waals surface area contributed by atoms with Crippen LogP contribution in [-0.4, -0.2) is 19.0 Å². The van der Waals surface area contributed by atoms with Crippen LogP contribution >= 0.6 is 0 Å². The summed E-state index contributed by atoms with van der Waals surface area (Å²) in [5.41, 5.74) is 2.20. The lowest BCUT2D eigenvalue weighted by Crippen LogP contribution is -2.24. The van der Waals surface area contributed by atoms with E-state index in [2.05, 4.69) is 5.32 Å². The van der Waals surface area contributed by atoms with Gasteiger partial charge in [0.05, 0.1) is 18.4 Å². The molecule has 1 fully saturated rings. The molecule has 1 aromatic rings. The number of benzene rings is 1. The van der Waals surface area contributed by atoms with Crippen molar-refractivity contribution in [3.8, 4) is 0 Å². The summed E-state index contributed by atoms with van der Waals surface area (Å²) < 4.78 is 4.74. The molecule has 1 amide bonds. The number of rotatable bonds is 1. The van der Waals surface area contributed by atoms with E-state index in [1.54, 1.807) is 0 Å². The summed E-state index contributed by atoms with van der Waals surface area (Å²) in [6.07, 6.45) is 0.558. The van der Waals surface area contributed by atoms with Gasteiger partial charge in [0.2, 0.25) is 5.91 Å². The lowest BCUT2D eigenvalue weighted by molar-refractivity contribution is -0.143. The molecule has 2 aliphatic rings. The van der Waals surface area contributed by atoms with Gasteiger partial charge >= 0.3 is 5.97 Å². The molecule has 1 heterocycles. The standard InChI is InChI=1S/C13H13NO3/c1-7-3-4-10-8(5-7)13(12(16)14-10)6-9(13)11(15)17-2/h3-5,9H,6H2,1-2H3,(H,14,16)/t9?,13-/m0/s1. The van der Waals surface area contributed by atoms with Crippen LogP contribution in [0, 0.1) is 12.8 Å². The quantitative estimate of drug-likeness (QED) is 0.743. The minimum Gasteiger partial charge on any atom is -0.469 e. The summed E-state index contributed by atoms with van der Waals surface area (Å²) in [6, 6.07) is 5.83. The van der Waals surface area contributed by atoms with Crippen LogP contribution in [0.2, 0.25) is 0 Å². The van der Waals surface area contributed by atoms with Gasteiger partial charge < -0.3 is 10.1 Å². The summed E-state index contributed by atoms with van der Waals surface area (Å²) in [5, 5.41) is 2.84. The Labute approximate surface area is 99.0 Å². The van der Waals surface area contributed by atoms with E-state index in [1.165, 1.54) is 7.11 Å². The van der Waals surface area contributed by atoms with Crippen molar-refractivity contribution in [3.05, 3.63) is 29.3 Å². The summed E-state index contributed by atoms with van der Waals surface area (Å²) in [7, 11) is 1.36. The molecule has 17 heavy (non-hydrogen) atoms. The van der Waals surface area contributed by atoms with E-state index in [9.17, 15) is 9.59 Å². The minimum atomic E-state index is -0.658. The molecule has 4 heteroatoms. The molecule has 88 valence electrons. The van der Waals surface area contributed by atoms with Gasteiger partial charge in [-0.15, -0.1) is 0 Å². The summed E-state index contributed by atoms with van der Waals surface area (Å²) in [6.45, 7) is 1.98. The number of ether oxygens (including phenoxy) is 1. The summed E-state index contributed by atoms with van der Waals surface area (Å²) in [4.78, 5) is 23.6. The highest BCUT2D eigenvalue weighted by Crippen LogP contribution is 2.60. The molecule has 1 N–H and O–H groups in total. The molecule has 2 atom stereocenters. The highest BCUT2D eigenvalue weighted by atomic mass is 16.5. The van der Waals surface area contributed by atoms with E-state index in [4.69, 9.17) is 4.74 Å². The number of hydrogen-bond acceptors (Lipinski definition) is 3. The van der Waals surface area contributed by atoms with E-state index < -0.39 is 5.41 Å². The van der Waals surface area contributed by atoms with Crippen LogP contribution < -0.4 is 5.32 Å². The molecule has 1 aromatic carbocycles. The first-order chi connectivity index (χ1) is 8.09. The Morgan fingerprint density at radius 3 is 3.00 bits per heavy atom. The Bertz CT molecular complexity index is 537. The lowest BCUT2D eigenvalue weighted by Gasteiger charge is -2.07. The maximum Gasteiger partial charge on any atom is 0.310 e. The number of hydrogen-bond donors (Lipinski definition) is 1. The van der Waals surface area contributed by atoms with Gasteiger partial charge in [0.15, 0.2) is 0 Å². The van der Waals surface area contributed by atoms with Crippen LogP contribution in [0.3, 0.4) is 0 Å². The van der Waals surface area contributed by atoms with E-state index in [0.29, 0.717) is 6.42 Å². The second-order valence-corrected chi connectivity index (χ2v) is 4.75. The van der Waals surface area contributed by atoms with Crippen molar-refractivity contribution in [2.45, 2.75) is 18.8 Å². The monoisotopic (exact) mass is 231 g/mol. The van der Waals surface area contributed by atoms with Gasteiger partial charge in [0, 0.05) is 5.69 Å². The fraction of sp³-hybridized carbons (Fsp3) is 0.385. The van der Waals surface area contributed by atoms with E-state index in [1.807, 2.05) is 25.1 Å². The fourth-order valence-corrected chi connectivity index (χ4v) is 2.73. The second-order valence-electron chi connectivity index (χ2n) is 4.75. The van der Waals surface area contributed by atoms with Crippen LogP contribution in [0.4, 0.5) is 5.69 Å². The zero-order chi connectivity index (χ0) is 12.2. The molecule has 1 aliphatic carbocycles. The van der Waals surface area contributed by atoms with Crippen molar-refractivity contribution in [3.63, 3.8) is 0 Å².